The largest absolute Gasteiger partial charge is 0.493 e. The standard InChI is InChI=1S/C19H17FN2O4/c1-24-16-5-3-4-15(18(16)25-2)19(23)21-11-14-10-17(26-22-14)12-6-8-13(20)9-7-12/h3-10H,11H2,1-2H3,(H,21,23). The van der Waals surface area contributed by atoms with Crippen LogP contribution in [0.4, 0.5) is 4.39 Å². The van der Waals surface area contributed by atoms with Gasteiger partial charge in [0.1, 0.15) is 11.5 Å². The second kappa shape index (κ2) is 7.69. The molecule has 0 saturated carbocycles. The highest BCUT2D eigenvalue weighted by Gasteiger charge is 2.16. The Morgan fingerprint density at radius 2 is 1.92 bits per heavy atom. The molecule has 1 heterocycles. The molecule has 0 saturated heterocycles. The number of amides is 1. The summed E-state index contributed by atoms with van der Waals surface area (Å²) in [6.07, 6.45) is 0. The highest BCUT2D eigenvalue weighted by Crippen LogP contribution is 2.30. The number of para-hydroxylation sites is 1. The molecule has 3 rings (SSSR count). The number of carbonyl (C=O) groups is 1. The summed E-state index contributed by atoms with van der Waals surface area (Å²) in [5, 5.41) is 6.68. The zero-order chi connectivity index (χ0) is 18.5. The third kappa shape index (κ3) is 3.66. The van der Waals surface area contributed by atoms with Gasteiger partial charge in [-0.3, -0.25) is 4.79 Å². The van der Waals surface area contributed by atoms with Gasteiger partial charge in [-0.25, -0.2) is 4.39 Å². The highest BCUT2D eigenvalue weighted by atomic mass is 19.1. The zero-order valence-corrected chi connectivity index (χ0v) is 14.3. The molecule has 1 N–H and O–H groups in total. The quantitative estimate of drug-likeness (QED) is 0.732. The van der Waals surface area contributed by atoms with E-state index in [9.17, 15) is 9.18 Å². The average molecular weight is 356 g/mol. The van der Waals surface area contributed by atoms with Gasteiger partial charge in [0, 0.05) is 11.6 Å². The van der Waals surface area contributed by atoms with E-state index in [0.717, 1.165) is 0 Å². The molecule has 0 aliphatic carbocycles. The first kappa shape index (κ1) is 17.5. The predicted molar refractivity (Wildman–Crippen MR) is 92.6 cm³/mol. The number of halogens is 1. The maximum absolute atomic E-state index is 13.0. The molecule has 0 radical (unpaired) electrons. The van der Waals surface area contributed by atoms with Gasteiger partial charge in [0.05, 0.1) is 26.3 Å². The van der Waals surface area contributed by atoms with Crippen LogP contribution in [-0.4, -0.2) is 25.3 Å². The minimum atomic E-state index is -0.327. The van der Waals surface area contributed by atoms with Gasteiger partial charge in [0.15, 0.2) is 17.3 Å². The molecule has 0 unspecified atom stereocenters. The average Bonchev–Trinajstić information content (AvgIpc) is 3.14. The Labute approximate surface area is 149 Å². The SMILES string of the molecule is COc1cccc(C(=O)NCc2cc(-c3ccc(F)cc3)on2)c1OC. The number of rotatable bonds is 6. The Morgan fingerprint density at radius 3 is 2.62 bits per heavy atom. The molecule has 0 fully saturated rings. The molecule has 1 amide bonds. The van der Waals surface area contributed by atoms with E-state index >= 15 is 0 Å². The lowest BCUT2D eigenvalue weighted by Gasteiger charge is -2.12. The molecule has 6 nitrogen and oxygen atoms in total. The van der Waals surface area contributed by atoms with Crippen molar-refractivity contribution in [1.82, 2.24) is 10.5 Å². The molecule has 0 spiro atoms. The molecule has 134 valence electrons. The lowest BCUT2D eigenvalue weighted by molar-refractivity contribution is 0.0946. The monoisotopic (exact) mass is 356 g/mol. The molecule has 7 heteroatoms. The van der Waals surface area contributed by atoms with Crippen LogP contribution in [0.3, 0.4) is 0 Å². The summed E-state index contributed by atoms with van der Waals surface area (Å²) >= 11 is 0. The van der Waals surface area contributed by atoms with Crippen LogP contribution in [0, 0.1) is 5.82 Å². The van der Waals surface area contributed by atoms with E-state index in [1.807, 2.05) is 0 Å². The van der Waals surface area contributed by atoms with Crippen molar-refractivity contribution < 1.29 is 23.2 Å². The van der Waals surface area contributed by atoms with Crippen LogP contribution in [0.5, 0.6) is 11.5 Å². The summed E-state index contributed by atoms with van der Waals surface area (Å²) in [7, 11) is 2.98. The van der Waals surface area contributed by atoms with Gasteiger partial charge in [0.2, 0.25) is 0 Å². The van der Waals surface area contributed by atoms with Crippen molar-refractivity contribution in [3.8, 4) is 22.8 Å². The van der Waals surface area contributed by atoms with Gasteiger partial charge >= 0.3 is 0 Å². The van der Waals surface area contributed by atoms with Gasteiger partial charge in [-0.15, -0.1) is 0 Å². The van der Waals surface area contributed by atoms with Crippen molar-refractivity contribution in [2.24, 2.45) is 0 Å². The molecule has 0 aliphatic rings. The summed E-state index contributed by atoms with van der Waals surface area (Å²) < 4.78 is 28.7. The Hall–Kier alpha value is -3.35. The van der Waals surface area contributed by atoms with Crippen LogP contribution in [0.25, 0.3) is 11.3 Å². The van der Waals surface area contributed by atoms with Crippen molar-refractivity contribution in [1.29, 1.82) is 0 Å². The minimum Gasteiger partial charge on any atom is -0.493 e. The fraction of sp³-hybridized carbons (Fsp3) is 0.158. The van der Waals surface area contributed by atoms with Crippen LogP contribution < -0.4 is 14.8 Å². The Morgan fingerprint density at radius 1 is 1.15 bits per heavy atom. The van der Waals surface area contributed by atoms with Gasteiger partial charge < -0.3 is 19.3 Å². The van der Waals surface area contributed by atoms with Crippen molar-refractivity contribution in [3.63, 3.8) is 0 Å². The molecule has 0 bridgehead atoms. The lowest BCUT2D eigenvalue weighted by Crippen LogP contribution is -2.23. The molecular weight excluding hydrogens is 339 g/mol. The van der Waals surface area contributed by atoms with E-state index in [1.54, 1.807) is 36.4 Å². The summed E-state index contributed by atoms with van der Waals surface area (Å²) in [5.41, 5.74) is 1.60. The Bertz CT molecular complexity index is 906. The number of ether oxygens (including phenoxy) is 2. The molecule has 0 atom stereocenters. The molecule has 2 aromatic carbocycles. The molecule has 1 aromatic heterocycles. The Balaban J connectivity index is 1.70. The second-order valence-corrected chi connectivity index (χ2v) is 5.41. The van der Waals surface area contributed by atoms with E-state index in [2.05, 4.69) is 10.5 Å². The van der Waals surface area contributed by atoms with E-state index in [4.69, 9.17) is 14.0 Å². The molecule has 3 aromatic rings. The van der Waals surface area contributed by atoms with E-state index < -0.39 is 0 Å². The number of nitrogens with one attached hydrogen (secondary N) is 1. The van der Waals surface area contributed by atoms with Crippen LogP contribution in [0.1, 0.15) is 16.1 Å². The third-order valence-electron chi connectivity index (χ3n) is 3.77. The van der Waals surface area contributed by atoms with Crippen LogP contribution in [0.2, 0.25) is 0 Å². The normalized spacial score (nSPS) is 10.4. The third-order valence-corrected chi connectivity index (χ3v) is 3.77. The van der Waals surface area contributed by atoms with E-state index in [1.165, 1.54) is 26.4 Å². The van der Waals surface area contributed by atoms with Crippen molar-refractivity contribution in [2.45, 2.75) is 6.54 Å². The number of nitrogens with zero attached hydrogens (tertiary/aromatic N) is 1. The zero-order valence-electron chi connectivity index (χ0n) is 14.3. The van der Waals surface area contributed by atoms with Crippen molar-refractivity contribution in [2.75, 3.05) is 14.2 Å². The lowest BCUT2D eigenvalue weighted by atomic mass is 10.1. The fourth-order valence-corrected chi connectivity index (χ4v) is 2.48. The van der Waals surface area contributed by atoms with Crippen LogP contribution in [-0.2, 0) is 6.54 Å². The van der Waals surface area contributed by atoms with E-state index in [-0.39, 0.29) is 18.3 Å². The highest BCUT2D eigenvalue weighted by molar-refractivity contribution is 5.97. The maximum atomic E-state index is 13.0. The first-order valence-electron chi connectivity index (χ1n) is 7.83. The number of methoxy groups -OCH3 is 2. The van der Waals surface area contributed by atoms with Crippen LogP contribution in [0.15, 0.2) is 53.1 Å². The van der Waals surface area contributed by atoms with Crippen molar-refractivity contribution in [3.05, 3.63) is 65.6 Å². The molecule has 26 heavy (non-hydrogen) atoms. The number of hydrogen-bond acceptors (Lipinski definition) is 5. The summed E-state index contributed by atoms with van der Waals surface area (Å²) in [4.78, 5) is 12.4. The van der Waals surface area contributed by atoms with Gasteiger partial charge in [-0.1, -0.05) is 11.2 Å². The van der Waals surface area contributed by atoms with Crippen molar-refractivity contribution >= 4 is 5.91 Å². The topological polar surface area (TPSA) is 73.6 Å². The first-order chi connectivity index (χ1) is 12.6. The summed E-state index contributed by atoms with van der Waals surface area (Å²) in [6, 6.07) is 12.6. The number of carbonyl (C=O) groups excluding carboxylic acids is 1. The smallest absolute Gasteiger partial charge is 0.255 e. The van der Waals surface area contributed by atoms with Gasteiger partial charge in [-0.2, -0.15) is 0 Å². The minimum absolute atomic E-state index is 0.171. The number of aromatic nitrogens is 1. The molecule has 0 aliphatic heterocycles. The summed E-state index contributed by atoms with van der Waals surface area (Å²) in [6.45, 7) is 0.171. The van der Waals surface area contributed by atoms with Crippen LogP contribution >= 0.6 is 0 Å². The fourth-order valence-electron chi connectivity index (χ4n) is 2.48. The maximum Gasteiger partial charge on any atom is 0.255 e. The number of hydrogen-bond donors (Lipinski definition) is 1. The number of benzene rings is 2. The second-order valence-electron chi connectivity index (χ2n) is 5.41. The molecular formula is C19H17FN2O4. The van der Waals surface area contributed by atoms with E-state index in [0.29, 0.717) is 34.1 Å². The Kier molecular flexibility index (Phi) is 5.17. The van der Waals surface area contributed by atoms with Gasteiger partial charge in [0.25, 0.3) is 5.91 Å². The summed E-state index contributed by atoms with van der Waals surface area (Å²) in [5.74, 6) is 0.674. The first-order valence-corrected chi connectivity index (χ1v) is 7.83. The predicted octanol–water partition coefficient (Wildman–Crippen LogP) is 3.43. The van der Waals surface area contributed by atoms with Gasteiger partial charge in [-0.05, 0) is 36.4 Å².